The average molecular weight is 360 g/mol. The third kappa shape index (κ3) is 3.49. The van der Waals surface area contributed by atoms with Crippen LogP contribution in [0.5, 0.6) is 0 Å². The smallest absolute Gasteiger partial charge is 0.252 e. The van der Waals surface area contributed by atoms with E-state index in [1.54, 1.807) is 4.52 Å². The molecule has 3 N–H and O–H groups in total. The molecule has 0 aliphatic carbocycles. The van der Waals surface area contributed by atoms with E-state index in [4.69, 9.17) is 5.14 Å². The minimum atomic E-state index is -3.76. The average Bonchev–Trinajstić information content (AvgIpc) is 2.99. The Kier molecular flexibility index (Phi) is 4.23. The molecule has 3 aromatic rings. The van der Waals surface area contributed by atoms with Gasteiger partial charge in [0.05, 0.1) is 11.3 Å². The van der Waals surface area contributed by atoms with Crippen molar-refractivity contribution < 1.29 is 13.2 Å². The molecule has 3 rings (SSSR count). The molecule has 9 nitrogen and oxygen atoms in total. The maximum atomic E-state index is 12.3. The summed E-state index contributed by atoms with van der Waals surface area (Å²) in [5.74, 6) is 0.230. The van der Waals surface area contributed by atoms with Gasteiger partial charge in [-0.15, -0.1) is 0 Å². The molecule has 0 bridgehead atoms. The van der Waals surface area contributed by atoms with Crippen LogP contribution in [0.15, 0.2) is 35.5 Å². The van der Waals surface area contributed by atoms with Gasteiger partial charge in [0, 0.05) is 22.6 Å². The van der Waals surface area contributed by atoms with Crippen LogP contribution in [0.1, 0.15) is 17.0 Å². The van der Waals surface area contributed by atoms with Crippen molar-refractivity contribution in [1.29, 1.82) is 0 Å². The lowest BCUT2D eigenvalue weighted by Gasteiger charge is -2.11. The van der Waals surface area contributed by atoms with Crippen molar-refractivity contribution in [1.82, 2.24) is 19.6 Å². The maximum Gasteiger partial charge on any atom is 0.252 e. The standard InChI is InChI=1S/C15H16N6O3S/c1-9-13(10(2)21-15(19-9)17-8-18-21)7-14(22)20-11-3-5-12(6-4-11)25(16,23)24/h3-6,8H,7H2,1-2H3,(H,20,22)(H2,16,23,24). The number of benzene rings is 1. The van der Waals surface area contributed by atoms with E-state index >= 15 is 0 Å². The normalized spacial score (nSPS) is 11.6. The second-order valence-corrected chi connectivity index (χ2v) is 7.09. The van der Waals surface area contributed by atoms with Crippen LogP contribution in [-0.2, 0) is 21.2 Å². The van der Waals surface area contributed by atoms with Crippen LogP contribution < -0.4 is 10.5 Å². The number of hydrogen-bond donors (Lipinski definition) is 2. The monoisotopic (exact) mass is 360 g/mol. The van der Waals surface area contributed by atoms with E-state index in [1.807, 2.05) is 13.8 Å². The molecule has 0 aliphatic rings. The molecule has 25 heavy (non-hydrogen) atoms. The van der Waals surface area contributed by atoms with Gasteiger partial charge in [-0.05, 0) is 38.1 Å². The molecular formula is C15H16N6O3S. The Bertz CT molecular complexity index is 1060. The number of fused-ring (bicyclic) bond motifs is 1. The molecule has 130 valence electrons. The Morgan fingerprint density at radius 3 is 2.56 bits per heavy atom. The van der Waals surface area contributed by atoms with Crippen molar-refractivity contribution in [3.05, 3.63) is 47.5 Å². The Hall–Kier alpha value is -2.85. The Balaban J connectivity index is 1.79. The van der Waals surface area contributed by atoms with Gasteiger partial charge in [0.15, 0.2) is 0 Å². The molecule has 1 aromatic carbocycles. The number of carbonyl (C=O) groups is 1. The van der Waals surface area contributed by atoms with Crippen LogP contribution in [0.4, 0.5) is 5.69 Å². The van der Waals surface area contributed by atoms with Gasteiger partial charge in [-0.2, -0.15) is 10.1 Å². The van der Waals surface area contributed by atoms with E-state index in [-0.39, 0.29) is 17.2 Å². The van der Waals surface area contributed by atoms with E-state index in [0.717, 1.165) is 11.3 Å². The molecule has 0 fully saturated rings. The van der Waals surface area contributed by atoms with Crippen molar-refractivity contribution in [3.8, 4) is 0 Å². The second kappa shape index (κ2) is 6.22. The predicted octanol–water partition coefficient (Wildman–Crippen LogP) is 0.570. The number of hydrogen-bond acceptors (Lipinski definition) is 6. The van der Waals surface area contributed by atoms with Gasteiger partial charge in [0.25, 0.3) is 5.78 Å². The lowest BCUT2D eigenvalue weighted by Crippen LogP contribution is -2.18. The van der Waals surface area contributed by atoms with Crippen LogP contribution in [0.25, 0.3) is 5.78 Å². The minimum absolute atomic E-state index is 0.0157. The van der Waals surface area contributed by atoms with Gasteiger partial charge in [0.2, 0.25) is 15.9 Å². The Labute approximate surface area is 144 Å². The van der Waals surface area contributed by atoms with Crippen molar-refractivity contribution >= 4 is 27.4 Å². The lowest BCUT2D eigenvalue weighted by atomic mass is 10.1. The van der Waals surface area contributed by atoms with Gasteiger partial charge in [-0.1, -0.05) is 0 Å². The molecule has 0 aliphatic heterocycles. The summed E-state index contributed by atoms with van der Waals surface area (Å²) in [4.78, 5) is 20.7. The summed E-state index contributed by atoms with van der Waals surface area (Å²) in [6, 6.07) is 5.64. The third-order valence-corrected chi connectivity index (χ3v) is 4.72. The number of carbonyl (C=O) groups excluding carboxylic acids is 1. The number of aryl methyl sites for hydroxylation is 2. The van der Waals surface area contributed by atoms with Gasteiger partial charge in [-0.25, -0.2) is 23.1 Å². The number of nitrogens with one attached hydrogen (secondary N) is 1. The van der Waals surface area contributed by atoms with Crippen molar-refractivity contribution in [2.24, 2.45) is 5.14 Å². The Morgan fingerprint density at radius 2 is 1.92 bits per heavy atom. The number of amides is 1. The molecule has 10 heteroatoms. The fourth-order valence-electron chi connectivity index (χ4n) is 2.50. The largest absolute Gasteiger partial charge is 0.326 e. The van der Waals surface area contributed by atoms with Crippen molar-refractivity contribution in [2.75, 3.05) is 5.32 Å². The molecule has 0 saturated carbocycles. The van der Waals surface area contributed by atoms with Crippen LogP contribution >= 0.6 is 0 Å². The highest BCUT2D eigenvalue weighted by molar-refractivity contribution is 7.89. The van der Waals surface area contributed by atoms with Crippen LogP contribution in [-0.4, -0.2) is 33.9 Å². The first-order valence-electron chi connectivity index (χ1n) is 7.34. The molecular weight excluding hydrogens is 344 g/mol. The molecule has 0 saturated heterocycles. The van der Waals surface area contributed by atoms with Crippen molar-refractivity contribution in [2.45, 2.75) is 25.2 Å². The minimum Gasteiger partial charge on any atom is -0.326 e. The molecule has 0 atom stereocenters. The molecule has 0 unspecified atom stereocenters. The fourth-order valence-corrected chi connectivity index (χ4v) is 3.02. The first kappa shape index (κ1) is 17.0. The quantitative estimate of drug-likeness (QED) is 0.699. The van der Waals surface area contributed by atoms with E-state index < -0.39 is 10.0 Å². The SMILES string of the molecule is Cc1nc2ncnn2c(C)c1CC(=O)Nc1ccc(S(N)(=O)=O)cc1. The summed E-state index contributed by atoms with van der Waals surface area (Å²) in [5, 5.41) is 11.8. The van der Waals surface area contributed by atoms with E-state index in [1.165, 1.54) is 30.6 Å². The lowest BCUT2D eigenvalue weighted by molar-refractivity contribution is -0.115. The van der Waals surface area contributed by atoms with Crippen molar-refractivity contribution in [3.63, 3.8) is 0 Å². The summed E-state index contributed by atoms with van der Waals surface area (Å²) in [6.45, 7) is 3.66. The maximum absolute atomic E-state index is 12.3. The molecule has 2 aromatic heterocycles. The first-order valence-corrected chi connectivity index (χ1v) is 8.89. The zero-order chi connectivity index (χ0) is 18.2. The van der Waals surface area contributed by atoms with Crippen LogP contribution in [0.2, 0.25) is 0 Å². The van der Waals surface area contributed by atoms with Gasteiger partial charge in [0.1, 0.15) is 6.33 Å². The number of sulfonamides is 1. The molecule has 0 radical (unpaired) electrons. The summed E-state index contributed by atoms with van der Waals surface area (Å²) in [7, 11) is -3.76. The van der Waals surface area contributed by atoms with E-state index in [0.29, 0.717) is 17.2 Å². The summed E-state index contributed by atoms with van der Waals surface area (Å²) >= 11 is 0. The van der Waals surface area contributed by atoms with Gasteiger partial charge >= 0.3 is 0 Å². The molecule has 1 amide bonds. The third-order valence-electron chi connectivity index (χ3n) is 3.79. The summed E-state index contributed by atoms with van der Waals surface area (Å²) < 4.78 is 24.1. The number of rotatable bonds is 4. The van der Waals surface area contributed by atoms with Gasteiger partial charge in [-0.3, -0.25) is 4.79 Å². The van der Waals surface area contributed by atoms with Crippen LogP contribution in [0, 0.1) is 13.8 Å². The zero-order valence-corrected chi connectivity index (χ0v) is 14.4. The van der Waals surface area contributed by atoms with E-state index in [2.05, 4.69) is 20.4 Å². The zero-order valence-electron chi connectivity index (χ0n) is 13.6. The highest BCUT2D eigenvalue weighted by Gasteiger charge is 2.15. The first-order chi connectivity index (χ1) is 11.8. The highest BCUT2D eigenvalue weighted by Crippen LogP contribution is 2.16. The number of nitrogens with two attached hydrogens (primary N) is 1. The fraction of sp³-hybridized carbons (Fsp3) is 0.200. The van der Waals surface area contributed by atoms with Crippen LogP contribution in [0.3, 0.4) is 0 Å². The Morgan fingerprint density at radius 1 is 1.24 bits per heavy atom. The van der Waals surface area contributed by atoms with Gasteiger partial charge < -0.3 is 5.32 Å². The number of aromatic nitrogens is 4. The second-order valence-electron chi connectivity index (χ2n) is 5.53. The topological polar surface area (TPSA) is 132 Å². The van der Waals surface area contributed by atoms with E-state index in [9.17, 15) is 13.2 Å². The number of nitrogens with zero attached hydrogens (tertiary/aromatic N) is 4. The number of anilines is 1. The summed E-state index contributed by atoms with van der Waals surface area (Å²) in [6.07, 6.45) is 1.52. The predicted molar refractivity (Wildman–Crippen MR) is 90.4 cm³/mol. The highest BCUT2D eigenvalue weighted by atomic mass is 32.2. The summed E-state index contributed by atoms with van der Waals surface area (Å²) in [5.41, 5.74) is 2.73. The number of primary sulfonamides is 1. The molecule has 0 spiro atoms. The molecule has 2 heterocycles.